The van der Waals surface area contributed by atoms with E-state index in [1.807, 2.05) is 16.8 Å². The first-order valence-corrected chi connectivity index (χ1v) is 6.93. The first-order valence-electron chi connectivity index (χ1n) is 6.93. The zero-order valence-electron chi connectivity index (χ0n) is 12.4. The van der Waals surface area contributed by atoms with Crippen molar-refractivity contribution in [2.24, 2.45) is 0 Å². The number of piperazine rings is 1. The van der Waals surface area contributed by atoms with E-state index in [2.05, 4.69) is 5.32 Å². The van der Waals surface area contributed by atoms with Gasteiger partial charge in [-0.05, 0) is 13.1 Å². The van der Waals surface area contributed by atoms with E-state index < -0.39 is 5.97 Å². The van der Waals surface area contributed by atoms with Gasteiger partial charge in [0.25, 0.3) is 0 Å². The van der Waals surface area contributed by atoms with Crippen molar-refractivity contribution in [2.45, 2.75) is 6.54 Å². The zero-order chi connectivity index (χ0) is 15.2. The van der Waals surface area contributed by atoms with E-state index in [0.717, 1.165) is 26.2 Å². The Hall–Kier alpha value is -1.86. The summed E-state index contributed by atoms with van der Waals surface area (Å²) in [6.45, 7) is 3.82. The summed E-state index contributed by atoms with van der Waals surface area (Å²) < 4.78 is 10.0. The summed E-state index contributed by atoms with van der Waals surface area (Å²) in [7, 11) is 3.15. The van der Waals surface area contributed by atoms with Crippen LogP contribution in [-0.2, 0) is 16.1 Å². The van der Waals surface area contributed by atoms with Crippen molar-refractivity contribution in [3.63, 3.8) is 0 Å². The minimum absolute atomic E-state index is 0.0881. The molecule has 21 heavy (non-hydrogen) atoms. The number of nitrogens with zero attached hydrogens (tertiary/aromatic N) is 2. The summed E-state index contributed by atoms with van der Waals surface area (Å²) in [4.78, 5) is 27.4. The molecule has 0 aromatic carbocycles. The molecule has 1 aliphatic rings. The topological polar surface area (TPSA) is 75.0 Å². The SMILES string of the molecule is COC(=O)c1ccoc1CN(C)CC(=O)N1CCNCC1. The summed E-state index contributed by atoms with van der Waals surface area (Å²) in [5.74, 6) is 0.170. The van der Waals surface area contributed by atoms with Gasteiger partial charge in [0.2, 0.25) is 5.91 Å². The van der Waals surface area contributed by atoms with Crippen LogP contribution in [0.25, 0.3) is 0 Å². The maximum Gasteiger partial charge on any atom is 0.341 e. The zero-order valence-corrected chi connectivity index (χ0v) is 12.4. The molecular formula is C14H21N3O4. The van der Waals surface area contributed by atoms with Crippen molar-refractivity contribution in [3.8, 4) is 0 Å². The number of ether oxygens (including phenoxy) is 1. The van der Waals surface area contributed by atoms with E-state index in [-0.39, 0.29) is 5.91 Å². The Morgan fingerprint density at radius 1 is 1.43 bits per heavy atom. The van der Waals surface area contributed by atoms with Crippen molar-refractivity contribution >= 4 is 11.9 Å². The van der Waals surface area contributed by atoms with Crippen LogP contribution in [0.2, 0.25) is 0 Å². The third-order valence-corrected chi connectivity index (χ3v) is 3.44. The third kappa shape index (κ3) is 4.05. The minimum atomic E-state index is -0.430. The van der Waals surface area contributed by atoms with Crippen LogP contribution >= 0.6 is 0 Å². The van der Waals surface area contributed by atoms with Gasteiger partial charge in [-0.3, -0.25) is 9.69 Å². The second kappa shape index (κ2) is 7.24. The molecule has 0 saturated carbocycles. The van der Waals surface area contributed by atoms with E-state index in [4.69, 9.17) is 9.15 Å². The standard InChI is InChI=1S/C14H21N3O4/c1-16(10-13(18)17-6-4-15-5-7-17)9-12-11(3-8-21-12)14(19)20-2/h3,8,15H,4-7,9-10H2,1-2H3. The predicted octanol–water partition coefficient (Wildman–Crippen LogP) is -0.0702. The van der Waals surface area contributed by atoms with Crippen LogP contribution in [-0.4, -0.2) is 68.6 Å². The number of furan rings is 1. The Kier molecular flexibility index (Phi) is 5.35. The van der Waals surface area contributed by atoms with Crippen molar-refractivity contribution < 1.29 is 18.7 Å². The van der Waals surface area contributed by atoms with Gasteiger partial charge < -0.3 is 19.4 Å². The predicted molar refractivity (Wildman–Crippen MR) is 75.8 cm³/mol. The Morgan fingerprint density at radius 3 is 2.81 bits per heavy atom. The number of nitrogens with one attached hydrogen (secondary N) is 1. The van der Waals surface area contributed by atoms with Crippen molar-refractivity contribution in [3.05, 3.63) is 23.7 Å². The number of carbonyl (C=O) groups excluding carboxylic acids is 2. The Bertz CT molecular complexity index is 494. The van der Waals surface area contributed by atoms with Gasteiger partial charge in [-0.15, -0.1) is 0 Å². The highest BCUT2D eigenvalue weighted by molar-refractivity contribution is 5.90. The average molecular weight is 295 g/mol. The first kappa shape index (κ1) is 15.5. The second-order valence-corrected chi connectivity index (χ2v) is 5.05. The van der Waals surface area contributed by atoms with Crippen LogP contribution in [0.15, 0.2) is 16.7 Å². The van der Waals surface area contributed by atoms with Gasteiger partial charge in [0.15, 0.2) is 0 Å². The molecule has 1 saturated heterocycles. The normalized spacial score (nSPS) is 15.3. The van der Waals surface area contributed by atoms with Crippen LogP contribution in [0.4, 0.5) is 0 Å². The maximum absolute atomic E-state index is 12.1. The maximum atomic E-state index is 12.1. The molecule has 0 bridgehead atoms. The number of rotatable bonds is 5. The average Bonchev–Trinajstić information content (AvgIpc) is 2.95. The minimum Gasteiger partial charge on any atom is -0.467 e. The first-order chi connectivity index (χ1) is 10.1. The van der Waals surface area contributed by atoms with E-state index >= 15 is 0 Å². The number of esters is 1. The number of carbonyl (C=O) groups is 2. The van der Waals surface area contributed by atoms with Crippen LogP contribution in [0.5, 0.6) is 0 Å². The van der Waals surface area contributed by atoms with Crippen LogP contribution in [0.1, 0.15) is 16.1 Å². The van der Waals surface area contributed by atoms with Crippen molar-refractivity contribution in [1.29, 1.82) is 0 Å². The number of hydrogen-bond donors (Lipinski definition) is 1. The molecule has 1 aromatic heterocycles. The van der Waals surface area contributed by atoms with Gasteiger partial charge in [-0.1, -0.05) is 0 Å². The summed E-state index contributed by atoms with van der Waals surface area (Å²) in [6.07, 6.45) is 1.45. The Balaban J connectivity index is 1.89. The van der Waals surface area contributed by atoms with Crippen LogP contribution in [0, 0.1) is 0 Å². The number of hydrogen-bond acceptors (Lipinski definition) is 6. The molecule has 0 radical (unpaired) electrons. The monoisotopic (exact) mass is 295 g/mol. The summed E-state index contributed by atoms with van der Waals surface area (Å²) in [5.41, 5.74) is 0.402. The van der Waals surface area contributed by atoms with E-state index in [1.54, 1.807) is 6.07 Å². The molecule has 1 fully saturated rings. The van der Waals surface area contributed by atoms with Gasteiger partial charge >= 0.3 is 5.97 Å². The summed E-state index contributed by atoms with van der Waals surface area (Å²) in [5, 5.41) is 3.21. The van der Waals surface area contributed by atoms with Crippen LogP contribution in [0.3, 0.4) is 0 Å². The highest BCUT2D eigenvalue weighted by atomic mass is 16.5. The molecular weight excluding hydrogens is 274 g/mol. The number of amides is 1. The van der Waals surface area contributed by atoms with Crippen molar-refractivity contribution in [2.75, 3.05) is 46.9 Å². The molecule has 1 N–H and O–H groups in total. The lowest BCUT2D eigenvalue weighted by atomic mass is 10.2. The molecule has 0 spiro atoms. The Morgan fingerprint density at radius 2 is 2.14 bits per heavy atom. The largest absolute Gasteiger partial charge is 0.467 e. The van der Waals surface area contributed by atoms with Crippen molar-refractivity contribution in [1.82, 2.24) is 15.1 Å². The second-order valence-electron chi connectivity index (χ2n) is 5.05. The fourth-order valence-electron chi connectivity index (χ4n) is 2.30. The molecule has 7 heteroatoms. The van der Waals surface area contributed by atoms with E-state index in [9.17, 15) is 9.59 Å². The Labute approximate surface area is 123 Å². The summed E-state index contributed by atoms with van der Waals surface area (Å²) in [6, 6.07) is 1.58. The molecule has 2 rings (SSSR count). The van der Waals surface area contributed by atoms with Crippen LogP contribution < -0.4 is 5.32 Å². The molecule has 116 valence electrons. The highest BCUT2D eigenvalue weighted by Crippen LogP contribution is 2.14. The molecule has 0 aliphatic carbocycles. The van der Waals surface area contributed by atoms with E-state index in [1.165, 1.54) is 13.4 Å². The van der Waals surface area contributed by atoms with Gasteiger partial charge in [-0.2, -0.15) is 0 Å². The van der Waals surface area contributed by atoms with Gasteiger partial charge in [-0.25, -0.2) is 4.79 Å². The molecule has 1 aromatic rings. The summed E-state index contributed by atoms with van der Waals surface area (Å²) >= 11 is 0. The van der Waals surface area contributed by atoms with Gasteiger partial charge in [0.05, 0.1) is 26.5 Å². The quantitative estimate of drug-likeness (QED) is 0.767. The lowest BCUT2D eigenvalue weighted by molar-refractivity contribution is -0.132. The highest BCUT2D eigenvalue weighted by Gasteiger charge is 2.20. The molecule has 0 atom stereocenters. The number of methoxy groups -OCH3 is 1. The fourth-order valence-corrected chi connectivity index (χ4v) is 2.30. The van der Waals surface area contributed by atoms with Gasteiger partial charge in [0.1, 0.15) is 11.3 Å². The molecule has 1 aliphatic heterocycles. The number of likely N-dealkylation sites (N-methyl/N-ethyl adjacent to an activating group) is 1. The molecule has 2 heterocycles. The fraction of sp³-hybridized carbons (Fsp3) is 0.571. The van der Waals surface area contributed by atoms with Gasteiger partial charge in [0, 0.05) is 26.2 Å². The lowest BCUT2D eigenvalue weighted by Crippen LogP contribution is -2.49. The van der Waals surface area contributed by atoms with E-state index in [0.29, 0.717) is 24.4 Å². The lowest BCUT2D eigenvalue weighted by Gasteiger charge is -2.29. The molecule has 0 unspecified atom stereocenters. The smallest absolute Gasteiger partial charge is 0.341 e. The third-order valence-electron chi connectivity index (χ3n) is 3.44. The molecule has 7 nitrogen and oxygen atoms in total. The molecule has 1 amide bonds.